The molecule has 0 heterocycles. The average molecular weight is 463 g/mol. The number of amides is 1. The molecule has 0 saturated heterocycles. The van der Waals surface area contributed by atoms with E-state index in [1.54, 1.807) is 0 Å². The number of hydrogen-bond acceptors (Lipinski definition) is 2. The highest BCUT2D eigenvalue weighted by molar-refractivity contribution is 6.04. The van der Waals surface area contributed by atoms with Gasteiger partial charge in [0, 0.05) is 31.1 Å². The quantitative estimate of drug-likeness (QED) is 0.293. The second kappa shape index (κ2) is 10.4. The summed E-state index contributed by atoms with van der Waals surface area (Å²) in [6, 6.07) is 32.0. The summed E-state index contributed by atoms with van der Waals surface area (Å²) < 4.78 is 0. The van der Waals surface area contributed by atoms with E-state index in [2.05, 4.69) is 110 Å². The Bertz CT molecular complexity index is 1280. The van der Waals surface area contributed by atoms with Gasteiger partial charge in [-0.2, -0.15) is 0 Å². The van der Waals surface area contributed by atoms with E-state index in [1.165, 1.54) is 28.6 Å². The Hall–Kier alpha value is -3.59. The van der Waals surface area contributed by atoms with Crippen molar-refractivity contribution in [2.24, 2.45) is 5.92 Å². The van der Waals surface area contributed by atoms with E-state index in [4.69, 9.17) is 0 Å². The van der Waals surface area contributed by atoms with Crippen molar-refractivity contribution in [1.82, 2.24) is 0 Å². The summed E-state index contributed by atoms with van der Waals surface area (Å²) in [5.41, 5.74) is 5.75. The van der Waals surface area contributed by atoms with Crippen molar-refractivity contribution >= 4 is 28.1 Å². The second-order valence-corrected chi connectivity index (χ2v) is 9.90. The van der Waals surface area contributed by atoms with Gasteiger partial charge in [0.2, 0.25) is 5.91 Å². The Labute approximate surface area is 209 Å². The molecule has 1 fully saturated rings. The minimum atomic E-state index is 0.122. The fraction of sp³-hybridized carbons (Fsp3) is 0.281. The maximum atomic E-state index is 13.8. The van der Waals surface area contributed by atoms with Crippen molar-refractivity contribution in [3.63, 3.8) is 0 Å². The Kier molecular flexibility index (Phi) is 6.85. The molecule has 4 aromatic rings. The van der Waals surface area contributed by atoms with Crippen LogP contribution in [0.25, 0.3) is 21.9 Å². The lowest BCUT2D eigenvalue weighted by molar-refractivity contribution is -0.123. The summed E-state index contributed by atoms with van der Waals surface area (Å²) in [7, 11) is 4.11. The van der Waals surface area contributed by atoms with Gasteiger partial charge in [-0.05, 0) is 53.1 Å². The molecule has 1 aliphatic rings. The first-order chi connectivity index (χ1) is 17.1. The second-order valence-electron chi connectivity index (χ2n) is 9.90. The Morgan fingerprint density at radius 2 is 1.37 bits per heavy atom. The van der Waals surface area contributed by atoms with Gasteiger partial charge in [0.05, 0.1) is 12.2 Å². The van der Waals surface area contributed by atoms with Crippen molar-refractivity contribution in [3.8, 4) is 11.1 Å². The molecule has 0 unspecified atom stereocenters. The molecule has 0 radical (unpaired) electrons. The summed E-state index contributed by atoms with van der Waals surface area (Å²) in [5, 5.41) is 2.31. The molecule has 1 saturated carbocycles. The number of fused-ring (bicyclic) bond motifs is 1. The third kappa shape index (κ3) is 5.09. The zero-order valence-electron chi connectivity index (χ0n) is 20.8. The number of carbonyl (C=O) groups excluding carboxylic acids is 1. The van der Waals surface area contributed by atoms with Crippen LogP contribution in [-0.2, 0) is 11.3 Å². The van der Waals surface area contributed by atoms with Gasteiger partial charge in [0.25, 0.3) is 0 Å². The van der Waals surface area contributed by atoms with Crippen molar-refractivity contribution < 1.29 is 4.79 Å². The van der Waals surface area contributed by atoms with Crippen LogP contribution >= 0.6 is 0 Å². The van der Waals surface area contributed by atoms with E-state index in [9.17, 15) is 4.79 Å². The lowest BCUT2D eigenvalue weighted by Gasteiger charge is -2.30. The molecule has 0 spiro atoms. The first-order valence-electron chi connectivity index (χ1n) is 12.8. The van der Waals surface area contributed by atoms with Crippen LogP contribution in [0.5, 0.6) is 0 Å². The first-order valence-corrected chi connectivity index (χ1v) is 12.8. The fourth-order valence-electron chi connectivity index (χ4n) is 5.23. The van der Waals surface area contributed by atoms with Gasteiger partial charge in [0.15, 0.2) is 0 Å². The van der Waals surface area contributed by atoms with Crippen molar-refractivity contribution in [1.29, 1.82) is 0 Å². The molecule has 3 nitrogen and oxygen atoms in total. The molecule has 4 aromatic carbocycles. The highest BCUT2D eigenvalue weighted by Crippen LogP contribution is 2.33. The van der Waals surface area contributed by atoms with Gasteiger partial charge < -0.3 is 9.80 Å². The maximum Gasteiger partial charge on any atom is 0.230 e. The van der Waals surface area contributed by atoms with Gasteiger partial charge in [-0.25, -0.2) is 0 Å². The zero-order chi connectivity index (χ0) is 24.2. The van der Waals surface area contributed by atoms with Crippen LogP contribution in [0.15, 0.2) is 91.0 Å². The number of carbonyl (C=O) groups is 1. The number of benzene rings is 4. The normalized spacial score (nSPS) is 14.1. The van der Waals surface area contributed by atoms with Crippen molar-refractivity contribution in [3.05, 3.63) is 96.6 Å². The van der Waals surface area contributed by atoms with E-state index in [0.29, 0.717) is 6.54 Å². The number of nitrogens with zero attached hydrogens (tertiary/aromatic N) is 2. The Morgan fingerprint density at radius 1 is 0.743 bits per heavy atom. The van der Waals surface area contributed by atoms with Crippen LogP contribution in [0.4, 0.5) is 11.4 Å². The predicted molar refractivity (Wildman–Crippen MR) is 148 cm³/mol. The van der Waals surface area contributed by atoms with Crippen molar-refractivity contribution in [2.45, 2.75) is 38.6 Å². The molecule has 178 valence electrons. The van der Waals surface area contributed by atoms with E-state index < -0.39 is 0 Å². The highest BCUT2D eigenvalue weighted by atomic mass is 16.2. The Morgan fingerprint density at radius 3 is 2.06 bits per heavy atom. The van der Waals surface area contributed by atoms with Crippen LogP contribution in [0.3, 0.4) is 0 Å². The lowest BCUT2D eigenvalue weighted by Crippen LogP contribution is -2.36. The van der Waals surface area contributed by atoms with E-state index >= 15 is 0 Å². The maximum absolute atomic E-state index is 13.8. The minimum Gasteiger partial charge on any atom is -0.378 e. The van der Waals surface area contributed by atoms with Crippen LogP contribution in [0, 0.1) is 5.92 Å². The molecule has 0 atom stereocenters. The highest BCUT2D eigenvalue weighted by Gasteiger charge is 2.28. The molecule has 35 heavy (non-hydrogen) atoms. The largest absolute Gasteiger partial charge is 0.378 e. The molecule has 0 aliphatic heterocycles. The third-order valence-electron chi connectivity index (χ3n) is 7.29. The summed E-state index contributed by atoms with van der Waals surface area (Å²) in [6.07, 6.45) is 5.56. The van der Waals surface area contributed by atoms with E-state index in [0.717, 1.165) is 42.3 Å². The monoisotopic (exact) mass is 462 g/mol. The van der Waals surface area contributed by atoms with Crippen LogP contribution in [0.1, 0.15) is 37.7 Å². The summed E-state index contributed by atoms with van der Waals surface area (Å²) in [6.45, 7) is 0.586. The number of anilines is 2. The molecule has 1 amide bonds. The number of rotatable bonds is 6. The van der Waals surface area contributed by atoms with E-state index in [-0.39, 0.29) is 11.8 Å². The first kappa shape index (κ1) is 23.2. The summed E-state index contributed by atoms with van der Waals surface area (Å²) in [5.74, 6) is 0.390. The van der Waals surface area contributed by atoms with Gasteiger partial charge in [0.1, 0.15) is 0 Å². The summed E-state index contributed by atoms with van der Waals surface area (Å²) >= 11 is 0. The fourth-order valence-corrected chi connectivity index (χ4v) is 5.23. The van der Waals surface area contributed by atoms with Crippen molar-refractivity contribution in [2.75, 3.05) is 23.9 Å². The topological polar surface area (TPSA) is 23.6 Å². The third-order valence-corrected chi connectivity index (χ3v) is 7.29. The standard InChI is InChI=1S/C32H34N2O/c1-33(2)29-21-19-26(20-22-29)25-17-15-24(16-18-25)23-34(32(35)28-10-4-3-5-11-28)31-14-8-12-27-9-6-7-13-30(27)31/h6-9,12-22,28H,3-5,10-11,23H2,1-2H3. The Balaban J connectivity index is 1.45. The molecular formula is C32H34N2O. The molecule has 3 heteroatoms. The van der Waals surface area contributed by atoms with Gasteiger partial charge in [-0.3, -0.25) is 4.79 Å². The zero-order valence-corrected chi connectivity index (χ0v) is 20.8. The van der Waals surface area contributed by atoms with Crippen LogP contribution in [-0.4, -0.2) is 20.0 Å². The molecule has 0 bridgehead atoms. The van der Waals surface area contributed by atoms with Crippen LogP contribution < -0.4 is 9.80 Å². The SMILES string of the molecule is CN(C)c1ccc(-c2ccc(CN(C(=O)C3CCCCC3)c3cccc4ccccc34)cc2)cc1. The summed E-state index contributed by atoms with van der Waals surface area (Å²) in [4.78, 5) is 18.0. The van der Waals surface area contributed by atoms with Gasteiger partial charge in [-0.15, -0.1) is 0 Å². The van der Waals surface area contributed by atoms with Gasteiger partial charge in [-0.1, -0.05) is 92.1 Å². The minimum absolute atomic E-state index is 0.122. The molecule has 5 rings (SSSR count). The molecule has 0 N–H and O–H groups in total. The average Bonchev–Trinajstić information content (AvgIpc) is 2.92. The van der Waals surface area contributed by atoms with Gasteiger partial charge >= 0.3 is 0 Å². The lowest BCUT2D eigenvalue weighted by atomic mass is 9.88. The van der Waals surface area contributed by atoms with E-state index in [1.807, 2.05) is 4.90 Å². The van der Waals surface area contributed by atoms with Crippen LogP contribution in [0.2, 0.25) is 0 Å². The molecule has 0 aromatic heterocycles. The molecule has 1 aliphatic carbocycles. The molecular weight excluding hydrogens is 428 g/mol. The number of hydrogen-bond donors (Lipinski definition) is 0. The smallest absolute Gasteiger partial charge is 0.230 e. The predicted octanol–water partition coefficient (Wildman–Crippen LogP) is 7.69.